The molecule has 24 heavy (non-hydrogen) atoms. The molecule has 1 aromatic heterocycles. The first kappa shape index (κ1) is 16.5. The van der Waals surface area contributed by atoms with Gasteiger partial charge in [0.1, 0.15) is 5.75 Å². The molecule has 2 N–H and O–H groups in total. The van der Waals surface area contributed by atoms with Crippen molar-refractivity contribution in [2.24, 2.45) is 5.73 Å². The van der Waals surface area contributed by atoms with Gasteiger partial charge in [0.05, 0.1) is 17.5 Å². The Morgan fingerprint density at radius 2 is 1.79 bits per heavy atom. The van der Waals surface area contributed by atoms with E-state index in [2.05, 4.69) is 0 Å². The fourth-order valence-electron chi connectivity index (χ4n) is 2.95. The minimum Gasteiger partial charge on any atom is -0.496 e. The smallest absolute Gasteiger partial charge is 0.268 e. The van der Waals surface area contributed by atoms with Gasteiger partial charge in [-0.25, -0.2) is 12.4 Å². The molecule has 0 atom stereocenters. The molecule has 6 heteroatoms. The second kappa shape index (κ2) is 5.96. The van der Waals surface area contributed by atoms with Gasteiger partial charge in [-0.05, 0) is 43.7 Å². The second-order valence-corrected chi connectivity index (χ2v) is 7.59. The third kappa shape index (κ3) is 2.48. The fraction of sp³-hybridized carbons (Fsp3) is 0.222. The highest BCUT2D eigenvalue weighted by Crippen LogP contribution is 2.33. The lowest BCUT2D eigenvalue weighted by molar-refractivity contribution is 0.410. The lowest BCUT2D eigenvalue weighted by Crippen LogP contribution is -2.13. The van der Waals surface area contributed by atoms with Crippen LogP contribution >= 0.6 is 0 Å². The monoisotopic (exact) mass is 344 g/mol. The van der Waals surface area contributed by atoms with Gasteiger partial charge in [-0.2, -0.15) is 0 Å². The summed E-state index contributed by atoms with van der Waals surface area (Å²) in [5, 5.41) is 0.796. The molecule has 0 unspecified atom stereocenters. The number of ether oxygens (including phenoxy) is 1. The number of aromatic nitrogens is 1. The number of fused-ring (bicyclic) bond motifs is 1. The Labute approximate surface area is 141 Å². The minimum absolute atomic E-state index is 0.259. The summed E-state index contributed by atoms with van der Waals surface area (Å²) in [5.74, 6) is 0.674. The highest BCUT2D eigenvalue weighted by Gasteiger charge is 2.22. The zero-order valence-electron chi connectivity index (χ0n) is 13.9. The van der Waals surface area contributed by atoms with Crippen molar-refractivity contribution in [1.29, 1.82) is 0 Å². The van der Waals surface area contributed by atoms with Gasteiger partial charge >= 0.3 is 0 Å². The van der Waals surface area contributed by atoms with Crippen molar-refractivity contribution in [3.63, 3.8) is 0 Å². The zero-order valence-corrected chi connectivity index (χ0v) is 14.7. The number of nitrogens with zero attached hydrogens (tertiary/aromatic N) is 1. The molecule has 0 amide bonds. The maximum absolute atomic E-state index is 13.0. The van der Waals surface area contributed by atoms with Gasteiger partial charge in [0.15, 0.2) is 0 Å². The summed E-state index contributed by atoms with van der Waals surface area (Å²) >= 11 is 0. The van der Waals surface area contributed by atoms with Gasteiger partial charge in [0.25, 0.3) is 10.0 Å². The topological polar surface area (TPSA) is 74.3 Å². The van der Waals surface area contributed by atoms with E-state index in [-0.39, 0.29) is 11.4 Å². The molecule has 0 aliphatic rings. The van der Waals surface area contributed by atoms with Crippen LogP contribution < -0.4 is 10.5 Å². The molecule has 3 rings (SSSR count). The van der Waals surface area contributed by atoms with Crippen molar-refractivity contribution in [1.82, 2.24) is 3.97 Å². The Morgan fingerprint density at radius 3 is 2.38 bits per heavy atom. The number of rotatable bonds is 4. The molecule has 0 aliphatic carbocycles. The van der Waals surface area contributed by atoms with Crippen molar-refractivity contribution < 1.29 is 13.2 Å². The van der Waals surface area contributed by atoms with Gasteiger partial charge in [-0.1, -0.05) is 17.7 Å². The highest BCUT2D eigenvalue weighted by atomic mass is 32.2. The van der Waals surface area contributed by atoms with Gasteiger partial charge in [0.2, 0.25) is 0 Å². The first-order chi connectivity index (χ1) is 11.4. The SMILES string of the molecule is COc1cc(C)c2c(ccn2S(=O)(=O)c2ccc(C)cc2)c1CN. The molecule has 126 valence electrons. The quantitative estimate of drug-likeness (QED) is 0.789. The molecule has 0 spiro atoms. The lowest BCUT2D eigenvalue weighted by atomic mass is 10.1. The van der Waals surface area contributed by atoms with Crippen LogP contribution in [0.15, 0.2) is 47.5 Å². The summed E-state index contributed by atoms with van der Waals surface area (Å²) in [5.41, 5.74) is 9.12. The van der Waals surface area contributed by atoms with Crippen LogP contribution in [-0.2, 0) is 16.6 Å². The minimum atomic E-state index is -3.67. The Bertz CT molecular complexity index is 1000. The van der Waals surface area contributed by atoms with E-state index in [4.69, 9.17) is 10.5 Å². The van der Waals surface area contributed by atoms with Gasteiger partial charge in [-0.3, -0.25) is 0 Å². The van der Waals surface area contributed by atoms with E-state index < -0.39 is 10.0 Å². The summed E-state index contributed by atoms with van der Waals surface area (Å²) in [4.78, 5) is 0.259. The largest absolute Gasteiger partial charge is 0.496 e. The first-order valence-electron chi connectivity index (χ1n) is 7.60. The van der Waals surface area contributed by atoms with Crippen LogP contribution in [-0.4, -0.2) is 19.5 Å². The van der Waals surface area contributed by atoms with E-state index in [0.717, 1.165) is 22.1 Å². The molecule has 0 saturated carbocycles. The van der Waals surface area contributed by atoms with Crippen LogP contribution in [0.4, 0.5) is 0 Å². The Hall–Kier alpha value is -2.31. The van der Waals surface area contributed by atoms with Gasteiger partial charge in [-0.15, -0.1) is 0 Å². The van der Waals surface area contributed by atoms with Crippen LogP contribution in [0.1, 0.15) is 16.7 Å². The molecule has 0 saturated heterocycles. The van der Waals surface area contributed by atoms with E-state index in [9.17, 15) is 8.42 Å². The fourth-order valence-corrected chi connectivity index (χ4v) is 4.36. The predicted molar refractivity (Wildman–Crippen MR) is 94.9 cm³/mol. The summed E-state index contributed by atoms with van der Waals surface area (Å²) in [7, 11) is -2.09. The molecule has 0 radical (unpaired) electrons. The summed E-state index contributed by atoms with van der Waals surface area (Å²) < 4.78 is 32.8. The van der Waals surface area contributed by atoms with Gasteiger partial charge in [0, 0.05) is 23.7 Å². The number of hydrogen-bond acceptors (Lipinski definition) is 4. The average Bonchev–Trinajstić information content (AvgIpc) is 3.01. The van der Waals surface area contributed by atoms with E-state index >= 15 is 0 Å². The molecule has 1 heterocycles. The zero-order chi connectivity index (χ0) is 17.5. The Balaban J connectivity index is 2.30. The summed E-state index contributed by atoms with van der Waals surface area (Å²) in [6.45, 7) is 4.06. The molecule has 0 bridgehead atoms. The number of methoxy groups -OCH3 is 1. The van der Waals surface area contributed by atoms with Gasteiger partial charge < -0.3 is 10.5 Å². The van der Waals surface area contributed by atoms with E-state index in [1.807, 2.05) is 19.9 Å². The van der Waals surface area contributed by atoms with Crippen molar-refractivity contribution in [2.75, 3.05) is 7.11 Å². The van der Waals surface area contributed by atoms with Crippen molar-refractivity contribution in [3.8, 4) is 5.75 Å². The van der Waals surface area contributed by atoms with Crippen molar-refractivity contribution >= 4 is 20.9 Å². The molecule has 0 aliphatic heterocycles. The summed E-state index contributed by atoms with van der Waals surface area (Å²) in [6.07, 6.45) is 1.57. The Kier molecular flexibility index (Phi) is 4.11. The van der Waals surface area contributed by atoms with Crippen molar-refractivity contribution in [3.05, 3.63) is 59.3 Å². The third-order valence-corrected chi connectivity index (χ3v) is 5.89. The summed E-state index contributed by atoms with van der Waals surface area (Å²) in [6, 6.07) is 10.4. The first-order valence-corrected chi connectivity index (χ1v) is 9.04. The van der Waals surface area contributed by atoms with Crippen LogP contribution in [0.2, 0.25) is 0 Å². The van der Waals surface area contributed by atoms with Crippen LogP contribution in [0.5, 0.6) is 5.75 Å². The van der Waals surface area contributed by atoms with E-state index in [1.54, 1.807) is 43.6 Å². The number of hydrogen-bond donors (Lipinski definition) is 1. The normalized spacial score (nSPS) is 11.8. The third-order valence-electron chi connectivity index (χ3n) is 4.20. The molecule has 3 aromatic rings. The molecule has 5 nitrogen and oxygen atoms in total. The average molecular weight is 344 g/mol. The lowest BCUT2D eigenvalue weighted by Gasteiger charge is -2.13. The van der Waals surface area contributed by atoms with Crippen LogP contribution in [0.25, 0.3) is 10.9 Å². The maximum atomic E-state index is 13.0. The number of aryl methyl sites for hydroxylation is 2. The number of benzene rings is 2. The van der Waals surface area contributed by atoms with Crippen LogP contribution in [0.3, 0.4) is 0 Å². The maximum Gasteiger partial charge on any atom is 0.268 e. The number of nitrogens with two attached hydrogens (primary N) is 1. The molecule has 0 fully saturated rings. The standard InChI is InChI=1S/C18H20N2O3S/c1-12-4-6-14(7-5-12)24(21,22)20-9-8-15-16(11-19)17(23-3)10-13(2)18(15)20/h4-10H,11,19H2,1-3H3. The highest BCUT2D eigenvalue weighted by molar-refractivity contribution is 7.90. The van der Waals surface area contributed by atoms with Crippen LogP contribution in [0, 0.1) is 13.8 Å². The molecular weight excluding hydrogens is 324 g/mol. The predicted octanol–water partition coefficient (Wildman–Crippen LogP) is 2.96. The molecular formula is C18H20N2O3S. The molecule has 2 aromatic carbocycles. The van der Waals surface area contributed by atoms with E-state index in [1.165, 1.54) is 3.97 Å². The Morgan fingerprint density at radius 1 is 1.12 bits per heavy atom. The van der Waals surface area contributed by atoms with E-state index in [0.29, 0.717) is 11.3 Å². The van der Waals surface area contributed by atoms with Crippen molar-refractivity contribution in [2.45, 2.75) is 25.3 Å². The second-order valence-electron chi connectivity index (χ2n) is 5.77.